The molecule has 3 N–H and O–H groups in total. The summed E-state index contributed by atoms with van der Waals surface area (Å²) in [7, 11) is 0. The largest absolute Gasteiger partial charge is 0.396 e. The SMILES string of the molecule is CC1(C)CCC(CCO)(C(C)(C)N)CC1. The van der Waals surface area contributed by atoms with Crippen molar-refractivity contribution in [3.05, 3.63) is 0 Å². The van der Waals surface area contributed by atoms with Gasteiger partial charge in [0.2, 0.25) is 0 Å². The summed E-state index contributed by atoms with van der Waals surface area (Å²) in [6.45, 7) is 9.15. The van der Waals surface area contributed by atoms with Crippen molar-refractivity contribution in [1.29, 1.82) is 0 Å². The monoisotopic (exact) mass is 213 g/mol. The van der Waals surface area contributed by atoms with Crippen molar-refractivity contribution < 1.29 is 5.11 Å². The predicted octanol–water partition coefficient (Wildman–Crippen LogP) is 2.69. The van der Waals surface area contributed by atoms with Crippen molar-refractivity contribution in [3.63, 3.8) is 0 Å². The molecule has 1 rings (SSSR count). The number of nitrogens with two attached hydrogens (primary N) is 1. The maximum Gasteiger partial charge on any atom is 0.0437 e. The van der Waals surface area contributed by atoms with Crippen LogP contribution >= 0.6 is 0 Å². The van der Waals surface area contributed by atoms with Crippen LogP contribution in [0.3, 0.4) is 0 Å². The third kappa shape index (κ3) is 2.73. The fraction of sp³-hybridized carbons (Fsp3) is 1.00. The van der Waals surface area contributed by atoms with E-state index in [1.54, 1.807) is 0 Å². The molecule has 2 heteroatoms. The Kier molecular flexibility index (Phi) is 3.52. The molecule has 0 radical (unpaired) electrons. The molecule has 0 bridgehead atoms. The summed E-state index contributed by atoms with van der Waals surface area (Å²) in [6.07, 6.45) is 5.63. The molecule has 1 aliphatic carbocycles. The average Bonchev–Trinajstić information content (AvgIpc) is 2.07. The summed E-state index contributed by atoms with van der Waals surface area (Å²) in [5.74, 6) is 0. The van der Waals surface area contributed by atoms with Gasteiger partial charge in [-0.15, -0.1) is 0 Å². The van der Waals surface area contributed by atoms with Gasteiger partial charge in [0, 0.05) is 12.1 Å². The van der Waals surface area contributed by atoms with Gasteiger partial charge in [0.25, 0.3) is 0 Å². The van der Waals surface area contributed by atoms with Crippen LogP contribution in [0.5, 0.6) is 0 Å². The van der Waals surface area contributed by atoms with Crippen molar-refractivity contribution in [2.24, 2.45) is 16.6 Å². The topological polar surface area (TPSA) is 46.2 Å². The van der Waals surface area contributed by atoms with Crippen LogP contribution in [0.2, 0.25) is 0 Å². The van der Waals surface area contributed by atoms with Crippen LogP contribution in [0.4, 0.5) is 0 Å². The highest BCUT2D eigenvalue weighted by molar-refractivity contribution is 5.00. The predicted molar refractivity (Wildman–Crippen MR) is 64.7 cm³/mol. The Labute approximate surface area is 94.2 Å². The number of rotatable bonds is 3. The van der Waals surface area contributed by atoms with Crippen LogP contribution < -0.4 is 5.73 Å². The molecule has 0 aromatic rings. The summed E-state index contributed by atoms with van der Waals surface area (Å²) in [4.78, 5) is 0. The van der Waals surface area contributed by atoms with Gasteiger partial charge in [-0.2, -0.15) is 0 Å². The van der Waals surface area contributed by atoms with E-state index in [1.807, 2.05) is 0 Å². The van der Waals surface area contributed by atoms with Crippen LogP contribution in [0, 0.1) is 10.8 Å². The van der Waals surface area contributed by atoms with Gasteiger partial charge in [0.1, 0.15) is 0 Å². The van der Waals surface area contributed by atoms with E-state index in [9.17, 15) is 5.11 Å². The second-order valence-corrected chi connectivity index (χ2v) is 6.64. The first-order valence-electron chi connectivity index (χ1n) is 6.12. The number of hydrogen-bond acceptors (Lipinski definition) is 2. The van der Waals surface area contributed by atoms with E-state index in [4.69, 9.17) is 5.73 Å². The van der Waals surface area contributed by atoms with Crippen LogP contribution in [-0.4, -0.2) is 17.3 Å². The second-order valence-electron chi connectivity index (χ2n) is 6.64. The Balaban J connectivity index is 2.78. The molecule has 0 unspecified atom stereocenters. The minimum Gasteiger partial charge on any atom is -0.396 e. The zero-order valence-corrected chi connectivity index (χ0v) is 10.8. The van der Waals surface area contributed by atoms with E-state index < -0.39 is 0 Å². The number of aliphatic hydroxyl groups is 1. The summed E-state index contributed by atoms with van der Waals surface area (Å²) in [6, 6.07) is 0. The maximum absolute atomic E-state index is 9.22. The van der Waals surface area contributed by atoms with Crippen molar-refractivity contribution in [2.75, 3.05) is 6.61 Å². The molecule has 1 fully saturated rings. The highest BCUT2D eigenvalue weighted by atomic mass is 16.3. The van der Waals surface area contributed by atoms with Crippen LogP contribution in [-0.2, 0) is 0 Å². The van der Waals surface area contributed by atoms with Crippen molar-refractivity contribution in [1.82, 2.24) is 0 Å². The van der Waals surface area contributed by atoms with E-state index in [0.717, 1.165) is 19.3 Å². The summed E-state index contributed by atoms with van der Waals surface area (Å²) >= 11 is 0. The van der Waals surface area contributed by atoms with Gasteiger partial charge >= 0.3 is 0 Å². The highest BCUT2D eigenvalue weighted by Crippen LogP contribution is 2.51. The normalized spacial score (nSPS) is 25.2. The van der Waals surface area contributed by atoms with Crippen molar-refractivity contribution in [3.8, 4) is 0 Å². The zero-order valence-electron chi connectivity index (χ0n) is 10.8. The fourth-order valence-electron chi connectivity index (χ4n) is 2.84. The van der Waals surface area contributed by atoms with Gasteiger partial charge in [-0.3, -0.25) is 0 Å². The Morgan fingerprint density at radius 3 is 1.93 bits per heavy atom. The summed E-state index contributed by atoms with van der Waals surface area (Å²) in [5, 5.41) is 9.22. The Morgan fingerprint density at radius 1 is 1.13 bits per heavy atom. The summed E-state index contributed by atoms with van der Waals surface area (Å²) in [5.41, 5.74) is 6.75. The smallest absolute Gasteiger partial charge is 0.0437 e. The van der Waals surface area contributed by atoms with Crippen molar-refractivity contribution in [2.45, 2.75) is 65.3 Å². The molecule has 2 nitrogen and oxygen atoms in total. The minimum absolute atomic E-state index is 0.150. The molecule has 0 saturated heterocycles. The van der Waals surface area contributed by atoms with E-state index in [2.05, 4.69) is 27.7 Å². The molecule has 0 spiro atoms. The number of aliphatic hydroxyl groups excluding tert-OH is 1. The van der Waals surface area contributed by atoms with Gasteiger partial charge < -0.3 is 10.8 Å². The Morgan fingerprint density at radius 2 is 1.60 bits per heavy atom. The second kappa shape index (κ2) is 4.06. The Bertz CT molecular complexity index is 205. The molecule has 0 atom stereocenters. The van der Waals surface area contributed by atoms with Gasteiger partial charge in [-0.1, -0.05) is 13.8 Å². The van der Waals surface area contributed by atoms with Gasteiger partial charge in [0.05, 0.1) is 0 Å². The molecule has 90 valence electrons. The van der Waals surface area contributed by atoms with E-state index in [0.29, 0.717) is 5.41 Å². The number of hydrogen-bond donors (Lipinski definition) is 2. The molecule has 15 heavy (non-hydrogen) atoms. The molecular weight excluding hydrogens is 186 g/mol. The van der Waals surface area contributed by atoms with Crippen LogP contribution in [0.25, 0.3) is 0 Å². The maximum atomic E-state index is 9.22. The molecule has 0 aromatic carbocycles. The van der Waals surface area contributed by atoms with Gasteiger partial charge in [0.15, 0.2) is 0 Å². The molecule has 0 amide bonds. The quantitative estimate of drug-likeness (QED) is 0.757. The minimum atomic E-state index is -0.174. The lowest BCUT2D eigenvalue weighted by atomic mass is 9.57. The van der Waals surface area contributed by atoms with Gasteiger partial charge in [-0.25, -0.2) is 0 Å². The van der Waals surface area contributed by atoms with Crippen molar-refractivity contribution >= 4 is 0 Å². The highest BCUT2D eigenvalue weighted by Gasteiger charge is 2.45. The average molecular weight is 213 g/mol. The first-order valence-corrected chi connectivity index (χ1v) is 6.12. The van der Waals surface area contributed by atoms with Crippen LogP contribution in [0.15, 0.2) is 0 Å². The van der Waals surface area contributed by atoms with Gasteiger partial charge in [-0.05, 0) is 56.8 Å². The standard InChI is InChI=1S/C13H27NO/c1-11(2)5-7-13(8-6-11,9-10-15)12(3,4)14/h15H,5-10,14H2,1-4H3. The molecule has 1 saturated carbocycles. The molecule has 0 aromatic heterocycles. The lowest BCUT2D eigenvalue weighted by molar-refractivity contribution is 0.0170. The molecule has 0 heterocycles. The molecular formula is C13H27NO. The Hall–Kier alpha value is -0.0800. The first kappa shape index (κ1) is 13.0. The van der Waals surface area contributed by atoms with E-state index in [1.165, 1.54) is 12.8 Å². The molecule has 1 aliphatic rings. The summed E-state index contributed by atoms with van der Waals surface area (Å²) < 4.78 is 0. The van der Waals surface area contributed by atoms with Crippen LogP contribution in [0.1, 0.15) is 59.8 Å². The van der Waals surface area contributed by atoms with E-state index in [-0.39, 0.29) is 17.6 Å². The first-order chi connectivity index (χ1) is 6.72. The fourth-order valence-corrected chi connectivity index (χ4v) is 2.84. The lowest BCUT2D eigenvalue weighted by Crippen LogP contribution is -2.53. The molecule has 0 aliphatic heterocycles. The zero-order chi connectivity index (χ0) is 11.7. The lowest BCUT2D eigenvalue weighted by Gasteiger charge is -2.51. The third-order valence-corrected chi connectivity index (χ3v) is 4.52. The third-order valence-electron chi connectivity index (χ3n) is 4.52. The van der Waals surface area contributed by atoms with E-state index >= 15 is 0 Å².